The van der Waals surface area contributed by atoms with Crippen LogP contribution < -0.4 is 0 Å². The molecular weight excluding hydrogens is 238 g/mol. The molecule has 1 fully saturated rings. The number of aryl methyl sites for hydroxylation is 2. The van der Waals surface area contributed by atoms with Gasteiger partial charge in [-0.2, -0.15) is 0 Å². The second-order valence-electron chi connectivity index (χ2n) is 5.77. The standard InChI is InChI=1S/C16H21NO2/c18-15-7-8-17(11-15)16(19)10-12-5-6-13-3-1-2-4-14(13)9-12/h5-6,9,15,18H,1-4,7-8,10-11H2. The molecule has 1 unspecified atom stereocenters. The highest BCUT2D eigenvalue weighted by Gasteiger charge is 2.24. The summed E-state index contributed by atoms with van der Waals surface area (Å²) in [5.41, 5.74) is 4.00. The number of β-amino-alcohol motifs (C(OH)–C–C–N with tert-alkyl or cyclic N) is 1. The molecule has 2 aliphatic rings. The monoisotopic (exact) mass is 259 g/mol. The lowest BCUT2D eigenvalue weighted by Crippen LogP contribution is -2.30. The first-order chi connectivity index (χ1) is 9.22. The van der Waals surface area contributed by atoms with Gasteiger partial charge >= 0.3 is 0 Å². The van der Waals surface area contributed by atoms with Gasteiger partial charge < -0.3 is 10.0 Å². The Kier molecular flexibility index (Phi) is 3.56. The van der Waals surface area contributed by atoms with Crippen LogP contribution in [-0.4, -0.2) is 35.1 Å². The van der Waals surface area contributed by atoms with E-state index in [1.807, 2.05) is 0 Å². The molecule has 3 heteroatoms. The Morgan fingerprint density at radius 1 is 1.26 bits per heavy atom. The Balaban J connectivity index is 1.68. The molecule has 1 aliphatic carbocycles. The van der Waals surface area contributed by atoms with Gasteiger partial charge in [0.15, 0.2) is 0 Å². The molecular formula is C16H21NO2. The van der Waals surface area contributed by atoms with Crippen LogP contribution >= 0.6 is 0 Å². The first kappa shape index (κ1) is 12.7. The number of carbonyl (C=O) groups excluding carboxylic acids is 1. The number of rotatable bonds is 2. The first-order valence-electron chi connectivity index (χ1n) is 7.29. The SMILES string of the molecule is O=C(Cc1ccc2c(c1)CCCC2)N1CCC(O)C1. The lowest BCUT2D eigenvalue weighted by Gasteiger charge is -2.18. The number of amides is 1. The summed E-state index contributed by atoms with van der Waals surface area (Å²) < 4.78 is 0. The highest BCUT2D eigenvalue weighted by molar-refractivity contribution is 5.79. The van der Waals surface area contributed by atoms with Crippen molar-refractivity contribution >= 4 is 5.91 Å². The van der Waals surface area contributed by atoms with Crippen molar-refractivity contribution in [2.24, 2.45) is 0 Å². The molecule has 0 saturated carbocycles. The molecule has 1 atom stereocenters. The molecule has 1 amide bonds. The van der Waals surface area contributed by atoms with Crippen LogP contribution in [0.25, 0.3) is 0 Å². The minimum Gasteiger partial charge on any atom is -0.391 e. The summed E-state index contributed by atoms with van der Waals surface area (Å²) in [5.74, 6) is 0.146. The van der Waals surface area contributed by atoms with Crippen molar-refractivity contribution < 1.29 is 9.90 Å². The molecule has 1 N–H and O–H groups in total. The number of nitrogens with zero attached hydrogens (tertiary/aromatic N) is 1. The third-order valence-electron chi connectivity index (χ3n) is 4.28. The fourth-order valence-corrected chi connectivity index (χ4v) is 3.15. The van der Waals surface area contributed by atoms with E-state index in [1.54, 1.807) is 4.90 Å². The average Bonchev–Trinajstić information content (AvgIpc) is 2.85. The maximum atomic E-state index is 12.1. The number of likely N-dealkylation sites (tertiary alicyclic amines) is 1. The van der Waals surface area contributed by atoms with E-state index in [0.29, 0.717) is 19.5 Å². The van der Waals surface area contributed by atoms with Gasteiger partial charge in [0.25, 0.3) is 0 Å². The molecule has 1 aromatic rings. The molecule has 102 valence electrons. The van der Waals surface area contributed by atoms with E-state index in [1.165, 1.54) is 30.4 Å². The first-order valence-corrected chi connectivity index (χ1v) is 7.29. The number of aliphatic hydroxyl groups is 1. The maximum absolute atomic E-state index is 12.1. The second kappa shape index (κ2) is 5.33. The zero-order valence-electron chi connectivity index (χ0n) is 11.3. The summed E-state index contributed by atoms with van der Waals surface area (Å²) >= 11 is 0. The summed E-state index contributed by atoms with van der Waals surface area (Å²) in [5, 5.41) is 9.48. The second-order valence-corrected chi connectivity index (χ2v) is 5.77. The Morgan fingerprint density at radius 2 is 2.05 bits per heavy atom. The fraction of sp³-hybridized carbons (Fsp3) is 0.562. The van der Waals surface area contributed by atoms with Gasteiger partial charge in [0, 0.05) is 13.1 Å². The summed E-state index contributed by atoms with van der Waals surface area (Å²) in [7, 11) is 0. The van der Waals surface area contributed by atoms with Crippen molar-refractivity contribution in [3.63, 3.8) is 0 Å². The number of aliphatic hydroxyl groups excluding tert-OH is 1. The van der Waals surface area contributed by atoms with E-state index in [0.717, 1.165) is 18.4 Å². The number of fused-ring (bicyclic) bond motifs is 1. The Hall–Kier alpha value is -1.35. The van der Waals surface area contributed by atoms with Crippen LogP contribution in [0.4, 0.5) is 0 Å². The van der Waals surface area contributed by atoms with Crippen LogP contribution in [0.2, 0.25) is 0 Å². The molecule has 0 aromatic heterocycles. The third kappa shape index (κ3) is 2.81. The number of hydrogen-bond donors (Lipinski definition) is 1. The minimum absolute atomic E-state index is 0.146. The maximum Gasteiger partial charge on any atom is 0.227 e. The van der Waals surface area contributed by atoms with Gasteiger partial charge in [-0.05, 0) is 48.8 Å². The van der Waals surface area contributed by atoms with Gasteiger partial charge in [-0.3, -0.25) is 4.79 Å². The molecule has 0 radical (unpaired) electrons. The molecule has 0 spiro atoms. The van der Waals surface area contributed by atoms with Crippen LogP contribution in [-0.2, 0) is 24.1 Å². The van der Waals surface area contributed by atoms with Gasteiger partial charge in [0.05, 0.1) is 12.5 Å². The van der Waals surface area contributed by atoms with Gasteiger partial charge in [-0.1, -0.05) is 18.2 Å². The van der Waals surface area contributed by atoms with Crippen molar-refractivity contribution in [2.75, 3.05) is 13.1 Å². The number of hydrogen-bond acceptors (Lipinski definition) is 2. The third-order valence-corrected chi connectivity index (χ3v) is 4.28. The molecule has 1 aliphatic heterocycles. The van der Waals surface area contributed by atoms with Crippen molar-refractivity contribution in [1.29, 1.82) is 0 Å². The molecule has 3 rings (SSSR count). The largest absolute Gasteiger partial charge is 0.391 e. The summed E-state index contributed by atoms with van der Waals surface area (Å²) in [6.07, 6.45) is 5.75. The minimum atomic E-state index is -0.326. The van der Waals surface area contributed by atoms with Crippen LogP contribution in [0.3, 0.4) is 0 Å². The smallest absolute Gasteiger partial charge is 0.227 e. The van der Waals surface area contributed by atoms with E-state index in [-0.39, 0.29) is 12.0 Å². The van der Waals surface area contributed by atoms with Crippen LogP contribution in [0.15, 0.2) is 18.2 Å². The van der Waals surface area contributed by atoms with E-state index >= 15 is 0 Å². The number of benzene rings is 1. The van der Waals surface area contributed by atoms with Gasteiger partial charge in [-0.15, -0.1) is 0 Å². The summed E-state index contributed by atoms with van der Waals surface area (Å²) in [6.45, 7) is 1.20. The molecule has 3 nitrogen and oxygen atoms in total. The Bertz CT molecular complexity index is 484. The van der Waals surface area contributed by atoms with Crippen LogP contribution in [0, 0.1) is 0 Å². The highest BCUT2D eigenvalue weighted by Crippen LogP contribution is 2.23. The summed E-state index contributed by atoms with van der Waals surface area (Å²) in [6, 6.07) is 6.49. The topological polar surface area (TPSA) is 40.5 Å². The van der Waals surface area contributed by atoms with Crippen LogP contribution in [0.1, 0.15) is 36.0 Å². The number of carbonyl (C=O) groups is 1. The average molecular weight is 259 g/mol. The van der Waals surface area contributed by atoms with Gasteiger partial charge in [-0.25, -0.2) is 0 Å². The zero-order valence-corrected chi connectivity index (χ0v) is 11.3. The van der Waals surface area contributed by atoms with E-state index in [4.69, 9.17) is 0 Å². The molecule has 19 heavy (non-hydrogen) atoms. The predicted molar refractivity (Wildman–Crippen MR) is 74.0 cm³/mol. The molecule has 0 bridgehead atoms. The molecule has 1 aromatic carbocycles. The fourth-order valence-electron chi connectivity index (χ4n) is 3.15. The Labute approximate surface area is 114 Å². The van der Waals surface area contributed by atoms with E-state index in [2.05, 4.69) is 18.2 Å². The predicted octanol–water partition coefficient (Wildman–Crippen LogP) is 1.70. The molecule has 1 heterocycles. The quantitative estimate of drug-likeness (QED) is 0.878. The lowest BCUT2D eigenvalue weighted by molar-refractivity contribution is -0.129. The van der Waals surface area contributed by atoms with Gasteiger partial charge in [0.2, 0.25) is 5.91 Å². The van der Waals surface area contributed by atoms with Gasteiger partial charge in [0.1, 0.15) is 0 Å². The van der Waals surface area contributed by atoms with E-state index in [9.17, 15) is 9.90 Å². The van der Waals surface area contributed by atoms with E-state index < -0.39 is 0 Å². The summed E-state index contributed by atoms with van der Waals surface area (Å²) in [4.78, 5) is 13.9. The Morgan fingerprint density at radius 3 is 2.79 bits per heavy atom. The lowest BCUT2D eigenvalue weighted by atomic mass is 9.90. The molecule has 1 saturated heterocycles. The highest BCUT2D eigenvalue weighted by atomic mass is 16.3. The van der Waals surface area contributed by atoms with Crippen molar-refractivity contribution in [2.45, 2.75) is 44.6 Å². The zero-order chi connectivity index (χ0) is 13.2. The van der Waals surface area contributed by atoms with Crippen molar-refractivity contribution in [3.8, 4) is 0 Å². The normalized spacial score (nSPS) is 22.4. The van der Waals surface area contributed by atoms with Crippen molar-refractivity contribution in [3.05, 3.63) is 34.9 Å². The van der Waals surface area contributed by atoms with Crippen LogP contribution in [0.5, 0.6) is 0 Å². The van der Waals surface area contributed by atoms with Crippen molar-refractivity contribution in [1.82, 2.24) is 4.90 Å².